The number of carbonyl (C=O) groups is 1. The molecule has 31 heavy (non-hydrogen) atoms. The summed E-state index contributed by atoms with van der Waals surface area (Å²) in [5, 5.41) is 3.03. The largest absolute Gasteiger partial charge is 0.350 e. The predicted molar refractivity (Wildman–Crippen MR) is 137 cm³/mol. The third-order valence-corrected chi connectivity index (χ3v) is 5.77. The predicted octanol–water partition coefficient (Wildman–Crippen LogP) is 8.38. The molecule has 0 heterocycles. The zero-order valence-electron chi connectivity index (χ0n) is 25.6. The van der Waals surface area contributed by atoms with Gasteiger partial charge in [-0.2, -0.15) is 0 Å². The maximum atomic E-state index is 12.3. The first kappa shape index (κ1) is 19.8. The number of hydrogen-bond donors (Lipinski definition) is 1. The smallest absolute Gasteiger partial charge is 0.244 e. The highest BCUT2D eigenvalue weighted by Gasteiger charge is 2.26. The molecule has 2 heteroatoms. The van der Waals surface area contributed by atoms with Crippen LogP contribution in [0.5, 0.6) is 0 Å². The molecule has 0 aromatic rings. The van der Waals surface area contributed by atoms with E-state index in [4.69, 9.17) is 6.85 Å². The van der Waals surface area contributed by atoms with E-state index in [1.807, 2.05) is 58.9 Å². The maximum Gasteiger partial charge on any atom is 0.244 e. The topological polar surface area (TPSA) is 29.1 Å². The van der Waals surface area contributed by atoms with Gasteiger partial charge in [-0.3, -0.25) is 4.79 Å². The zero-order chi connectivity index (χ0) is 27.6. The highest BCUT2D eigenvalue weighted by Crippen LogP contribution is 2.40. The second kappa shape index (κ2) is 14.3. The molecule has 2 nitrogen and oxygen atoms in total. The summed E-state index contributed by atoms with van der Waals surface area (Å²) < 4.78 is 40.4. The van der Waals surface area contributed by atoms with Crippen LogP contribution in [0.15, 0.2) is 58.7 Å². The second-order valence-corrected chi connectivity index (χ2v) is 9.45. The Kier molecular flexibility index (Phi) is 9.13. The number of unbranched alkanes of at least 4 members (excludes halogenated alkanes) is 4. The molecule has 0 aromatic heterocycles. The molecule has 0 aromatic carbocycles. The van der Waals surface area contributed by atoms with Crippen LogP contribution in [0, 0.1) is 5.41 Å². The Labute approximate surface area is 199 Å². The van der Waals surface area contributed by atoms with Gasteiger partial charge in [-0.1, -0.05) is 94.4 Å². The molecule has 0 bridgehead atoms. The minimum Gasteiger partial charge on any atom is -0.350 e. The molecule has 0 aliphatic heterocycles. The maximum absolute atomic E-state index is 12.3. The molecule has 1 unspecified atom stereocenters. The van der Waals surface area contributed by atoms with Gasteiger partial charge in [0.25, 0.3) is 0 Å². The second-order valence-electron chi connectivity index (χ2n) is 9.45. The van der Waals surface area contributed by atoms with E-state index < -0.39 is 18.6 Å². The monoisotopic (exact) mass is 430 g/mol. The van der Waals surface area contributed by atoms with Crippen LogP contribution in [0.25, 0.3) is 0 Å². The van der Waals surface area contributed by atoms with Crippen LogP contribution in [0.1, 0.15) is 113 Å². The lowest BCUT2D eigenvalue weighted by Crippen LogP contribution is -2.31. The Bertz CT molecular complexity index is 888. The van der Waals surface area contributed by atoms with Gasteiger partial charge in [-0.25, -0.2) is 0 Å². The quantitative estimate of drug-likeness (QED) is 0.188. The van der Waals surface area contributed by atoms with Gasteiger partial charge >= 0.3 is 0 Å². The molecule has 1 atom stereocenters. The lowest BCUT2D eigenvalue weighted by Gasteiger charge is -2.32. The number of nitrogens with one attached hydrogen (secondary N) is 1. The fourth-order valence-electron chi connectivity index (χ4n) is 3.66. The normalized spacial score (nSPS) is 23.2. The van der Waals surface area contributed by atoms with Crippen molar-refractivity contribution in [3.8, 4) is 0 Å². The number of rotatable bonds is 12. The van der Waals surface area contributed by atoms with E-state index in [9.17, 15) is 4.79 Å². The van der Waals surface area contributed by atoms with Gasteiger partial charge in [0.15, 0.2) is 0 Å². The Morgan fingerprint density at radius 3 is 2.65 bits per heavy atom. The van der Waals surface area contributed by atoms with Crippen molar-refractivity contribution in [2.24, 2.45) is 5.41 Å². The summed E-state index contributed by atoms with van der Waals surface area (Å²) >= 11 is 0. The SMILES string of the molecule is [2H]C([2H])([2H])C1=C(C=CC(C)=CC=CC(C)=CC(=O)NC(C)CCCCCCC)C(C)(C)CCC1([2H])[2H]. The van der Waals surface area contributed by atoms with Crippen molar-refractivity contribution in [3.63, 3.8) is 0 Å². The average Bonchev–Trinajstić information content (AvgIpc) is 2.73. The molecule has 0 saturated carbocycles. The van der Waals surface area contributed by atoms with Crippen molar-refractivity contribution >= 4 is 5.91 Å². The van der Waals surface area contributed by atoms with Gasteiger partial charge < -0.3 is 5.32 Å². The third kappa shape index (κ3) is 11.4. The Morgan fingerprint density at radius 2 is 1.94 bits per heavy atom. The van der Waals surface area contributed by atoms with E-state index >= 15 is 0 Å². The van der Waals surface area contributed by atoms with E-state index in [0.717, 1.165) is 24.0 Å². The molecular formula is C29H47NO. The van der Waals surface area contributed by atoms with E-state index in [1.54, 1.807) is 12.2 Å². The van der Waals surface area contributed by atoms with Gasteiger partial charge in [0.1, 0.15) is 0 Å². The van der Waals surface area contributed by atoms with Gasteiger partial charge in [-0.05, 0) is 69.8 Å². The van der Waals surface area contributed by atoms with Crippen LogP contribution in [0.2, 0.25) is 0 Å². The molecule has 0 radical (unpaired) electrons. The van der Waals surface area contributed by atoms with Crippen molar-refractivity contribution in [2.75, 3.05) is 0 Å². The number of carbonyl (C=O) groups excluding carboxylic acids is 1. The van der Waals surface area contributed by atoms with Gasteiger partial charge in [0.05, 0.1) is 0 Å². The van der Waals surface area contributed by atoms with Crippen LogP contribution in [0.4, 0.5) is 0 Å². The fraction of sp³-hybridized carbons (Fsp3) is 0.621. The zero-order valence-corrected chi connectivity index (χ0v) is 20.6. The lowest BCUT2D eigenvalue weighted by molar-refractivity contribution is -0.117. The first-order valence-electron chi connectivity index (χ1n) is 14.4. The first-order valence-corrected chi connectivity index (χ1v) is 11.9. The molecule has 0 saturated heterocycles. The molecule has 1 rings (SSSR count). The summed E-state index contributed by atoms with van der Waals surface area (Å²) in [7, 11) is 0. The number of hydrogen-bond acceptors (Lipinski definition) is 1. The molecule has 0 fully saturated rings. The van der Waals surface area contributed by atoms with E-state index in [0.29, 0.717) is 12.0 Å². The summed E-state index contributed by atoms with van der Waals surface area (Å²) in [6, 6.07) is 0.156. The summed E-state index contributed by atoms with van der Waals surface area (Å²) in [5.74, 6) is -0.0864. The standard InChI is InChI=1S/C29H47NO/c1-8-9-10-11-12-18-26(5)30-28(31)22-24(3)16-13-15-23(2)19-20-27-25(4)17-14-21-29(27,6)7/h13,15-16,19-20,22,26H,8-12,14,17-18,21H2,1-7H3,(H,30,31)/i4D3,17D2. The third-order valence-electron chi connectivity index (χ3n) is 5.77. The molecule has 1 N–H and O–H groups in total. The molecule has 0 spiro atoms. The minimum atomic E-state index is -2.48. The van der Waals surface area contributed by atoms with Gasteiger partial charge in [-0.15, -0.1) is 0 Å². The van der Waals surface area contributed by atoms with Crippen molar-refractivity contribution < 1.29 is 11.6 Å². The van der Waals surface area contributed by atoms with Crippen molar-refractivity contribution in [1.82, 2.24) is 5.32 Å². The first-order chi connectivity index (χ1) is 16.6. The van der Waals surface area contributed by atoms with E-state index in [2.05, 4.69) is 12.2 Å². The number of allylic oxidation sites excluding steroid dienone is 9. The van der Waals surface area contributed by atoms with Crippen molar-refractivity contribution in [3.05, 3.63) is 58.7 Å². The Morgan fingerprint density at radius 1 is 1.19 bits per heavy atom. The van der Waals surface area contributed by atoms with E-state index in [1.165, 1.54) is 25.7 Å². The van der Waals surface area contributed by atoms with Crippen LogP contribution >= 0.6 is 0 Å². The lowest BCUT2D eigenvalue weighted by atomic mass is 9.72. The van der Waals surface area contributed by atoms with Crippen LogP contribution in [0.3, 0.4) is 0 Å². The summed E-state index contributed by atoms with van der Waals surface area (Å²) in [6.45, 7) is 9.50. The molecule has 1 aliphatic carbocycles. The molecule has 1 amide bonds. The molecular weight excluding hydrogens is 378 g/mol. The Balaban J connectivity index is 2.82. The highest BCUT2D eigenvalue weighted by atomic mass is 16.1. The van der Waals surface area contributed by atoms with Gasteiger partial charge in [0.2, 0.25) is 5.91 Å². The minimum absolute atomic E-state index is 0.0779. The molecule has 174 valence electrons. The van der Waals surface area contributed by atoms with Gasteiger partial charge in [0, 0.05) is 19.0 Å². The molecule has 1 aliphatic rings. The van der Waals surface area contributed by atoms with Crippen LogP contribution < -0.4 is 5.32 Å². The van der Waals surface area contributed by atoms with Crippen molar-refractivity contribution in [1.29, 1.82) is 0 Å². The Hall–Kier alpha value is -1.83. The summed E-state index contributed by atoms with van der Waals surface area (Å²) in [4.78, 5) is 12.3. The fourth-order valence-corrected chi connectivity index (χ4v) is 3.66. The summed E-state index contributed by atoms with van der Waals surface area (Å²) in [6.07, 6.45) is 16.9. The highest BCUT2D eigenvalue weighted by molar-refractivity contribution is 5.88. The van der Waals surface area contributed by atoms with Crippen LogP contribution in [-0.4, -0.2) is 11.9 Å². The van der Waals surface area contributed by atoms with E-state index in [-0.39, 0.29) is 23.9 Å². The van der Waals surface area contributed by atoms with Crippen molar-refractivity contribution in [2.45, 2.75) is 112 Å². The average molecular weight is 431 g/mol. The summed E-state index contributed by atoms with van der Waals surface area (Å²) in [5.41, 5.74) is 1.80. The number of amides is 1. The van der Waals surface area contributed by atoms with Crippen LogP contribution in [-0.2, 0) is 4.79 Å².